The maximum atomic E-state index is 12.4. The summed E-state index contributed by atoms with van der Waals surface area (Å²) in [4.78, 5) is 12.4. The van der Waals surface area contributed by atoms with Gasteiger partial charge in [0, 0.05) is 24.4 Å². The second-order valence-electron chi connectivity index (χ2n) is 5.83. The van der Waals surface area contributed by atoms with E-state index in [-0.39, 0.29) is 29.7 Å². The maximum Gasteiger partial charge on any atom is 0.251 e. The molecule has 3 rings (SSSR count). The van der Waals surface area contributed by atoms with Gasteiger partial charge in [-0.3, -0.25) is 9.48 Å². The smallest absolute Gasteiger partial charge is 0.251 e. The standard InChI is InChI=1S/C16H19N3O3/c1-19-9-12(8-17-19)15(11-6-14(21)7-11)18-16(22)10-3-2-4-13(20)5-10/h2-5,8-9,11,14-15,20-21H,6-7H2,1H3,(H,18,22). The van der Waals surface area contributed by atoms with Crippen LogP contribution < -0.4 is 5.32 Å². The average Bonchev–Trinajstić information content (AvgIpc) is 2.88. The lowest BCUT2D eigenvalue weighted by atomic mass is 9.75. The van der Waals surface area contributed by atoms with Crippen molar-refractivity contribution in [3.8, 4) is 5.75 Å². The van der Waals surface area contributed by atoms with Gasteiger partial charge in [-0.1, -0.05) is 6.07 Å². The Labute approximate surface area is 128 Å². The molecular formula is C16H19N3O3. The molecule has 0 radical (unpaired) electrons. The van der Waals surface area contributed by atoms with E-state index in [1.807, 2.05) is 13.2 Å². The molecule has 6 nitrogen and oxygen atoms in total. The van der Waals surface area contributed by atoms with E-state index in [1.54, 1.807) is 23.0 Å². The van der Waals surface area contributed by atoms with Crippen LogP contribution in [0.4, 0.5) is 0 Å². The van der Waals surface area contributed by atoms with Crippen LogP contribution in [0, 0.1) is 5.92 Å². The predicted octanol–water partition coefficient (Wildman–Crippen LogP) is 1.37. The summed E-state index contributed by atoms with van der Waals surface area (Å²) in [7, 11) is 1.83. The number of aromatic nitrogens is 2. The van der Waals surface area contributed by atoms with Gasteiger partial charge in [0.2, 0.25) is 0 Å². The number of benzene rings is 1. The Morgan fingerprint density at radius 1 is 1.45 bits per heavy atom. The number of aliphatic hydroxyl groups excluding tert-OH is 1. The third-order valence-electron chi connectivity index (χ3n) is 4.10. The van der Waals surface area contributed by atoms with Crippen LogP contribution >= 0.6 is 0 Å². The number of aryl methyl sites for hydroxylation is 1. The van der Waals surface area contributed by atoms with Crippen LogP contribution in [0.5, 0.6) is 5.75 Å². The molecule has 3 N–H and O–H groups in total. The van der Waals surface area contributed by atoms with E-state index in [0.29, 0.717) is 18.4 Å². The van der Waals surface area contributed by atoms with Gasteiger partial charge in [0.25, 0.3) is 5.91 Å². The number of carbonyl (C=O) groups is 1. The van der Waals surface area contributed by atoms with Gasteiger partial charge in [-0.15, -0.1) is 0 Å². The second-order valence-corrected chi connectivity index (χ2v) is 5.83. The normalized spacial score (nSPS) is 21.9. The number of carbonyl (C=O) groups excluding carboxylic acids is 1. The molecule has 1 fully saturated rings. The summed E-state index contributed by atoms with van der Waals surface area (Å²) in [5.41, 5.74) is 1.33. The number of rotatable bonds is 4. The van der Waals surface area contributed by atoms with Crippen LogP contribution in [0.15, 0.2) is 36.7 Å². The highest BCUT2D eigenvalue weighted by molar-refractivity contribution is 5.94. The lowest BCUT2D eigenvalue weighted by Crippen LogP contribution is -2.41. The van der Waals surface area contributed by atoms with Gasteiger partial charge in [-0.25, -0.2) is 0 Å². The van der Waals surface area contributed by atoms with Crippen molar-refractivity contribution in [2.24, 2.45) is 13.0 Å². The van der Waals surface area contributed by atoms with Crippen molar-refractivity contribution in [1.82, 2.24) is 15.1 Å². The fraction of sp³-hybridized carbons (Fsp3) is 0.375. The van der Waals surface area contributed by atoms with Crippen LogP contribution in [0.1, 0.15) is 34.8 Å². The molecule has 1 amide bonds. The molecule has 2 aromatic rings. The van der Waals surface area contributed by atoms with Gasteiger partial charge in [-0.05, 0) is 37.0 Å². The molecule has 0 spiro atoms. The quantitative estimate of drug-likeness (QED) is 0.796. The van der Waals surface area contributed by atoms with Crippen molar-refractivity contribution in [3.05, 3.63) is 47.8 Å². The molecule has 1 aromatic heterocycles. The van der Waals surface area contributed by atoms with Crippen molar-refractivity contribution >= 4 is 5.91 Å². The second kappa shape index (κ2) is 5.81. The minimum Gasteiger partial charge on any atom is -0.508 e. The largest absolute Gasteiger partial charge is 0.508 e. The third-order valence-corrected chi connectivity index (χ3v) is 4.10. The molecule has 1 atom stereocenters. The summed E-state index contributed by atoms with van der Waals surface area (Å²) in [5, 5.41) is 26.2. The Morgan fingerprint density at radius 2 is 2.23 bits per heavy atom. The van der Waals surface area contributed by atoms with E-state index < -0.39 is 0 Å². The van der Waals surface area contributed by atoms with Crippen molar-refractivity contribution < 1.29 is 15.0 Å². The van der Waals surface area contributed by atoms with Gasteiger partial charge >= 0.3 is 0 Å². The maximum absolute atomic E-state index is 12.4. The van der Waals surface area contributed by atoms with Crippen LogP contribution in [-0.4, -0.2) is 32.0 Å². The molecule has 6 heteroatoms. The first-order valence-corrected chi connectivity index (χ1v) is 7.29. The summed E-state index contributed by atoms with van der Waals surface area (Å²) >= 11 is 0. The first-order valence-electron chi connectivity index (χ1n) is 7.29. The molecule has 1 aliphatic carbocycles. The van der Waals surface area contributed by atoms with E-state index in [4.69, 9.17) is 0 Å². The van der Waals surface area contributed by atoms with Crippen LogP contribution in [0.3, 0.4) is 0 Å². The lowest BCUT2D eigenvalue weighted by molar-refractivity contribution is 0.0235. The van der Waals surface area contributed by atoms with E-state index in [9.17, 15) is 15.0 Å². The van der Waals surface area contributed by atoms with Crippen molar-refractivity contribution in [2.45, 2.75) is 25.0 Å². The molecule has 22 heavy (non-hydrogen) atoms. The molecule has 1 heterocycles. The van der Waals surface area contributed by atoms with Crippen molar-refractivity contribution in [3.63, 3.8) is 0 Å². The summed E-state index contributed by atoms with van der Waals surface area (Å²) in [6, 6.07) is 6.07. The molecular weight excluding hydrogens is 282 g/mol. The molecule has 1 saturated carbocycles. The Morgan fingerprint density at radius 3 is 2.82 bits per heavy atom. The lowest BCUT2D eigenvalue weighted by Gasteiger charge is -2.37. The molecule has 116 valence electrons. The van der Waals surface area contributed by atoms with E-state index in [1.165, 1.54) is 12.1 Å². The average molecular weight is 301 g/mol. The van der Waals surface area contributed by atoms with Crippen LogP contribution in [0.25, 0.3) is 0 Å². The summed E-state index contributed by atoms with van der Waals surface area (Å²) in [5.74, 6) is 0.0104. The zero-order valence-electron chi connectivity index (χ0n) is 12.3. The highest BCUT2D eigenvalue weighted by Gasteiger charge is 2.36. The Balaban J connectivity index is 1.79. The number of aliphatic hydroxyl groups is 1. The number of amides is 1. The van der Waals surface area contributed by atoms with Crippen molar-refractivity contribution in [1.29, 1.82) is 0 Å². The highest BCUT2D eigenvalue weighted by Crippen LogP contribution is 2.38. The number of phenols is 1. The number of nitrogens with zero attached hydrogens (tertiary/aromatic N) is 2. The number of hydrogen-bond acceptors (Lipinski definition) is 4. The first-order chi connectivity index (χ1) is 10.5. The topological polar surface area (TPSA) is 87.4 Å². The molecule has 1 aromatic carbocycles. The fourth-order valence-electron chi connectivity index (χ4n) is 2.85. The number of nitrogens with one attached hydrogen (secondary N) is 1. The van der Waals surface area contributed by atoms with E-state index in [2.05, 4.69) is 10.4 Å². The van der Waals surface area contributed by atoms with Gasteiger partial charge in [0.1, 0.15) is 5.75 Å². The first kappa shape index (κ1) is 14.6. The minimum absolute atomic E-state index is 0.0599. The molecule has 1 unspecified atom stereocenters. The number of hydrogen-bond donors (Lipinski definition) is 3. The molecule has 0 saturated heterocycles. The van der Waals surface area contributed by atoms with Gasteiger partial charge in [0.15, 0.2) is 0 Å². The molecule has 1 aliphatic rings. The zero-order valence-corrected chi connectivity index (χ0v) is 12.3. The van der Waals surface area contributed by atoms with Gasteiger partial charge in [0.05, 0.1) is 18.3 Å². The highest BCUT2D eigenvalue weighted by atomic mass is 16.3. The summed E-state index contributed by atoms with van der Waals surface area (Å²) < 4.78 is 1.69. The Hall–Kier alpha value is -2.34. The van der Waals surface area contributed by atoms with Crippen LogP contribution in [-0.2, 0) is 7.05 Å². The van der Waals surface area contributed by atoms with Crippen molar-refractivity contribution in [2.75, 3.05) is 0 Å². The minimum atomic E-state index is -0.290. The van der Waals surface area contributed by atoms with Gasteiger partial charge < -0.3 is 15.5 Å². The molecule has 0 bridgehead atoms. The summed E-state index contributed by atoms with van der Waals surface area (Å²) in [6.07, 6.45) is 4.65. The summed E-state index contributed by atoms with van der Waals surface area (Å²) in [6.45, 7) is 0. The van der Waals surface area contributed by atoms with Crippen LogP contribution in [0.2, 0.25) is 0 Å². The molecule has 0 aliphatic heterocycles. The SMILES string of the molecule is Cn1cc(C(NC(=O)c2cccc(O)c2)C2CC(O)C2)cn1. The zero-order chi connectivity index (χ0) is 15.7. The van der Waals surface area contributed by atoms with E-state index in [0.717, 1.165) is 5.56 Å². The van der Waals surface area contributed by atoms with E-state index >= 15 is 0 Å². The van der Waals surface area contributed by atoms with Gasteiger partial charge in [-0.2, -0.15) is 5.10 Å². The number of phenolic OH excluding ortho intramolecular Hbond substituents is 1. The third kappa shape index (κ3) is 2.96. The Bertz CT molecular complexity index is 677. The number of aromatic hydroxyl groups is 1. The monoisotopic (exact) mass is 301 g/mol. The fourth-order valence-corrected chi connectivity index (χ4v) is 2.85. The Kier molecular flexibility index (Phi) is 3.85. The predicted molar refractivity (Wildman–Crippen MR) is 80.3 cm³/mol.